The van der Waals surface area contributed by atoms with Gasteiger partial charge in [0.25, 0.3) is 0 Å². The van der Waals surface area contributed by atoms with E-state index in [1.54, 1.807) is 0 Å². The minimum Gasteiger partial charge on any atom is -0.371 e. The van der Waals surface area contributed by atoms with E-state index < -0.39 is 0 Å². The second kappa shape index (κ2) is 7.47. The number of nitrogens with zero attached hydrogens (tertiary/aromatic N) is 1. The number of anilines is 1. The van der Waals surface area contributed by atoms with Crippen molar-refractivity contribution in [3.63, 3.8) is 0 Å². The van der Waals surface area contributed by atoms with Gasteiger partial charge in [0.1, 0.15) is 0 Å². The molecule has 2 N–H and O–H groups in total. The van der Waals surface area contributed by atoms with Crippen molar-refractivity contribution in [3.05, 3.63) is 29.3 Å². The average molecular weight is 301 g/mol. The lowest BCUT2D eigenvalue weighted by Crippen LogP contribution is -2.45. The summed E-state index contributed by atoms with van der Waals surface area (Å²) in [7, 11) is 0. The minimum absolute atomic E-state index is 0.712. The van der Waals surface area contributed by atoms with Crippen molar-refractivity contribution in [2.45, 2.75) is 45.6 Å². The van der Waals surface area contributed by atoms with Crippen molar-refractivity contribution >= 4 is 5.69 Å². The van der Waals surface area contributed by atoms with E-state index in [4.69, 9.17) is 0 Å². The van der Waals surface area contributed by atoms with Crippen LogP contribution in [0.1, 0.15) is 36.8 Å². The zero-order chi connectivity index (χ0) is 15.4. The number of hydrogen-bond donors (Lipinski definition) is 2. The van der Waals surface area contributed by atoms with Gasteiger partial charge in [-0.05, 0) is 88.3 Å². The number of aryl methyl sites for hydroxylation is 2. The average Bonchev–Trinajstić information content (AvgIpc) is 2.53. The summed E-state index contributed by atoms with van der Waals surface area (Å²) in [5.41, 5.74) is 4.16. The van der Waals surface area contributed by atoms with Gasteiger partial charge < -0.3 is 15.5 Å². The molecule has 1 aromatic carbocycles. The SMILES string of the molecule is Cc1cc(C)cc(N2CCC(NC[C@@H]3CCCNC3)CC2)c1. The molecule has 2 fully saturated rings. The summed E-state index contributed by atoms with van der Waals surface area (Å²) in [5, 5.41) is 7.33. The zero-order valence-corrected chi connectivity index (χ0v) is 14.2. The second-order valence-corrected chi connectivity index (χ2v) is 7.23. The van der Waals surface area contributed by atoms with Crippen molar-refractivity contribution in [1.29, 1.82) is 0 Å². The summed E-state index contributed by atoms with van der Waals surface area (Å²) in [6, 6.07) is 7.63. The van der Waals surface area contributed by atoms with Crippen LogP contribution in [0.5, 0.6) is 0 Å². The fourth-order valence-electron chi connectivity index (χ4n) is 3.91. The molecule has 0 aromatic heterocycles. The lowest BCUT2D eigenvalue weighted by Gasteiger charge is -2.35. The van der Waals surface area contributed by atoms with Gasteiger partial charge in [0.15, 0.2) is 0 Å². The Kier molecular flexibility index (Phi) is 5.37. The van der Waals surface area contributed by atoms with Gasteiger partial charge in [-0.1, -0.05) is 6.07 Å². The van der Waals surface area contributed by atoms with Gasteiger partial charge in [0.2, 0.25) is 0 Å². The van der Waals surface area contributed by atoms with Crippen LogP contribution in [-0.2, 0) is 0 Å². The first-order valence-electron chi connectivity index (χ1n) is 8.98. The first kappa shape index (κ1) is 15.8. The summed E-state index contributed by atoms with van der Waals surface area (Å²) in [4.78, 5) is 2.56. The molecule has 0 radical (unpaired) electrons. The fourth-order valence-corrected chi connectivity index (χ4v) is 3.91. The highest BCUT2D eigenvalue weighted by molar-refractivity contribution is 5.51. The highest BCUT2D eigenvalue weighted by Crippen LogP contribution is 2.23. The maximum Gasteiger partial charge on any atom is 0.0371 e. The summed E-state index contributed by atoms with van der Waals surface area (Å²) < 4.78 is 0. The van der Waals surface area contributed by atoms with Crippen LogP contribution in [0.4, 0.5) is 5.69 Å². The standard InChI is InChI=1S/C19H31N3/c1-15-10-16(2)12-19(11-15)22-8-5-18(6-9-22)21-14-17-4-3-7-20-13-17/h10-12,17-18,20-21H,3-9,13-14H2,1-2H3/t17-/m1/s1. The summed E-state index contributed by atoms with van der Waals surface area (Å²) >= 11 is 0. The molecule has 3 nitrogen and oxygen atoms in total. The second-order valence-electron chi connectivity index (χ2n) is 7.23. The Morgan fingerprint density at radius 2 is 1.82 bits per heavy atom. The lowest BCUT2D eigenvalue weighted by atomic mass is 9.98. The first-order valence-corrected chi connectivity index (χ1v) is 8.98. The van der Waals surface area contributed by atoms with Gasteiger partial charge in [-0.15, -0.1) is 0 Å². The molecule has 0 amide bonds. The Balaban J connectivity index is 1.45. The van der Waals surface area contributed by atoms with E-state index >= 15 is 0 Å². The number of nitrogens with one attached hydrogen (secondary N) is 2. The van der Waals surface area contributed by atoms with Crippen LogP contribution in [0.3, 0.4) is 0 Å². The van der Waals surface area contributed by atoms with E-state index in [1.807, 2.05) is 0 Å². The van der Waals surface area contributed by atoms with Crippen molar-refractivity contribution in [2.75, 3.05) is 37.6 Å². The molecule has 0 spiro atoms. The topological polar surface area (TPSA) is 27.3 Å². The molecule has 2 aliphatic rings. The summed E-state index contributed by atoms with van der Waals surface area (Å²) in [6.07, 6.45) is 5.28. The first-order chi connectivity index (χ1) is 10.7. The number of piperidine rings is 2. The van der Waals surface area contributed by atoms with E-state index in [0.717, 1.165) is 5.92 Å². The van der Waals surface area contributed by atoms with Gasteiger partial charge in [-0.2, -0.15) is 0 Å². The third kappa shape index (κ3) is 4.23. The molecule has 1 atom stereocenters. The highest BCUT2D eigenvalue weighted by atomic mass is 15.1. The zero-order valence-electron chi connectivity index (χ0n) is 14.2. The van der Waals surface area contributed by atoms with E-state index in [9.17, 15) is 0 Å². The fraction of sp³-hybridized carbons (Fsp3) is 0.684. The molecule has 0 unspecified atom stereocenters. The van der Waals surface area contributed by atoms with Gasteiger partial charge in [0.05, 0.1) is 0 Å². The molecule has 2 aliphatic heterocycles. The molecule has 0 bridgehead atoms. The lowest BCUT2D eigenvalue weighted by molar-refractivity contribution is 0.324. The van der Waals surface area contributed by atoms with Crippen molar-refractivity contribution in [3.8, 4) is 0 Å². The largest absolute Gasteiger partial charge is 0.371 e. The molecule has 2 heterocycles. The van der Waals surface area contributed by atoms with E-state index in [2.05, 4.69) is 47.6 Å². The Labute approximate surface area is 135 Å². The molecule has 3 heteroatoms. The van der Waals surface area contributed by atoms with E-state index in [-0.39, 0.29) is 0 Å². The molecular weight excluding hydrogens is 270 g/mol. The van der Waals surface area contributed by atoms with Crippen LogP contribution in [0, 0.1) is 19.8 Å². The molecule has 3 rings (SSSR count). The van der Waals surface area contributed by atoms with Gasteiger partial charge in [-0.25, -0.2) is 0 Å². The van der Waals surface area contributed by atoms with Crippen LogP contribution in [0.15, 0.2) is 18.2 Å². The third-order valence-electron chi connectivity index (χ3n) is 5.16. The van der Waals surface area contributed by atoms with Crippen LogP contribution >= 0.6 is 0 Å². The molecule has 2 saturated heterocycles. The van der Waals surface area contributed by atoms with Gasteiger partial charge in [-0.3, -0.25) is 0 Å². The Morgan fingerprint density at radius 3 is 2.45 bits per heavy atom. The maximum absolute atomic E-state index is 3.82. The number of benzene rings is 1. The highest BCUT2D eigenvalue weighted by Gasteiger charge is 2.21. The number of hydrogen-bond acceptors (Lipinski definition) is 3. The Morgan fingerprint density at radius 1 is 1.09 bits per heavy atom. The predicted octanol–water partition coefficient (Wildman–Crippen LogP) is 2.86. The monoisotopic (exact) mass is 301 g/mol. The van der Waals surface area contributed by atoms with E-state index in [1.165, 1.54) is 75.2 Å². The molecule has 1 aromatic rings. The van der Waals surface area contributed by atoms with Crippen molar-refractivity contribution in [2.24, 2.45) is 5.92 Å². The molecule has 122 valence electrons. The van der Waals surface area contributed by atoms with Gasteiger partial charge >= 0.3 is 0 Å². The Bertz CT molecular complexity index is 451. The molecule has 0 aliphatic carbocycles. The van der Waals surface area contributed by atoms with E-state index in [0.29, 0.717) is 6.04 Å². The number of rotatable bonds is 4. The quantitative estimate of drug-likeness (QED) is 0.895. The third-order valence-corrected chi connectivity index (χ3v) is 5.16. The van der Waals surface area contributed by atoms with Crippen LogP contribution in [0.2, 0.25) is 0 Å². The molecule has 0 saturated carbocycles. The van der Waals surface area contributed by atoms with Crippen LogP contribution in [-0.4, -0.2) is 38.8 Å². The molecule has 22 heavy (non-hydrogen) atoms. The Hall–Kier alpha value is -1.06. The summed E-state index contributed by atoms with van der Waals surface area (Å²) in [5.74, 6) is 0.839. The van der Waals surface area contributed by atoms with Gasteiger partial charge in [0, 0.05) is 24.8 Å². The normalized spacial score (nSPS) is 23.7. The maximum atomic E-state index is 3.82. The van der Waals surface area contributed by atoms with Crippen LogP contribution in [0.25, 0.3) is 0 Å². The molecular formula is C19H31N3. The van der Waals surface area contributed by atoms with Crippen LogP contribution < -0.4 is 15.5 Å². The smallest absolute Gasteiger partial charge is 0.0371 e. The summed E-state index contributed by atoms with van der Waals surface area (Å²) in [6.45, 7) is 10.4. The van der Waals surface area contributed by atoms with Crippen molar-refractivity contribution in [1.82, 2.24) is 10.6 Å². The minimum atomic E-state index is 0.712. The van der Waals surface area contributed by atoms with Crippen molar-refractivity contribution < 1.29 is 0 Å². The predicted molar refractivity (Wildman–Crippen MR) is 94.7 cm³/mol.